The molecule has 0 N–H and O–H groups in total. The van der Waals surface area contributed by atoms with E-state index in [1.165, 1.54) is 7.11 Å². The lowest BCUT2D eigenvalue weighted by Crippen LogP contribution is -2.27. The van der Waals surface area contributed by atoms with E-state index in [1.807, 2.05) is 26.0 Å². The van der Waals surface area contributed by atoms with Gasteiger partial charge in [0.15, 0.2) is 11.4 Å². The number of benzene rings is 1. The third kappa shape index (κ3) is 1.78. The van der Waals surface area contributed by atoms with Gasteiger partial charge in [0.25, 0.3) is 0 Å². The van der Waals surface area contributed by atoms with E-state index in [0.717, 1.165) is 5.56 Å². The quantitative estimate of drug-likeness (QED) is 0.717. The van der Waals surface area contributed by atoms with Gasteiger partial charge in [-0.2, -0.15) is 0 Å². The summed E-state index contributed by atoms with van der Waals surface area (Å²) in [5, 5.41) is 2.92. The maximum atomic E-state index is 10.6. The van der Waals surface area contributed by atoms with Gasteiger partial charge in [0.1, 0.15) is 11.4 Å². The Kier molecular flexibility index (Phi) is 2.42. The number of nitroso groups, excluding NO2 is 1. The van der Waals surface area contributed by atoms with E-state index < -0.39 is 0 Å². The maximum Gasteiger partial charge on any atom is 0.151 e. The van der Waals surface area contributed by atoms with Crippen LogP contribution in [0.2, 0.25) is 0 Å². The molecule has 0 amide bonds. The van der Waals surface area contributed by atoms with E-state index in [9.17, 15) is 4.91 Å². The molecule has 16 heavy (non-hydrogen) atoms. The third-order valence-electron chi connectivity index (χ3n) is 2.45. The van der Waals surface area contributed by atoms with Gasteiger partial charge in [0, 0.05) is 11.6 Å². The zero-order chi connectivity index (χ0) is 11.8. The van der Waals surface area contributed by atoms with Crippen molar-refractivity contribution in [3.05, 3.63) is 28.7 Å². The zero-order valence-corrected chi connectivity index (χ0v) is 9.48. The average molecular weight is 219 g/mol. The fourth-order valence-corrected chi connectivity index (χ4v) is 1.63. The molecule has 0 radical (unpaired) electrons. The predicted octanol–water partition coefficient (Wildman–Crippen LogP) is 3.28. The molecule has 1 aliphatic heterocycles. The van der Waals surface area contributed by atoms with Crippen LogP contribution >= 0.6 is 0 Å². The number of methoxy groups -OCH3 is 1. The molecule has 1 heterocycles. The Balaban J connectivity index is 2.53. The summed E-state index contributed by atoms with van der Waals surface area (Å²) in [4.78, 5) is 10.6. The van der Waals surface area contributed by atoms with Crippen molar-refractivity contribution in [2.24, 2.45) is 5.18 Å². The van der Waals surface area contributed by atoms with Crippen LogP contribution < -0.4 is 9.47 Å². The first-order chi connectivity index (χ1) is 7.55. The van der Waals surface area contributed by atoms with E-state index >= 15 is 0 Å². The monoisotopic (exact) mass is 219 g/mol. The van der Waals surface area contributed by atoms with Crippen molar-refractivity contribution in [3.8, 4) is 11.5 Å². The topological polar surface area (TPSA) is 47.9 Å². The van der Waals surface area contributed by atoms with E-state index in [-0.39, 0.29) is 11.3 Å². The van der Waals surface area contributed by atoms with Gasteiger partial charge < -0.3 is 9.47 Å². The molecule has 0 aromatic heterocycles. The van der Waals surface area contributed by atoms with Crippen molar-refractivity contribution in [3.63, 3.8) is 0 Å². The Labute approximate surface area is 93.8 Å². The van der Waals surface area contributed by atoms with Crippen molar-refractivity contribution < 1.29 is 9.47 Å². The predicted molar refractivity (Wildman–Crippen MR) is 62.2 cm³/mol. The second-order valence-electron chi connectivity index (χ2n) is 4.19. The van der Waals surface area contributed by atoms with Gasteiger partial charge in [0.05, 0.1) is 7.11 Å². The summed E-state index contributed by atoms with van der Waals surface area (Å²) >= 11 is 0. The minimum atomic E-state index is -0.339. The lowest BCUT2D eigenvalue weighted by atomic mass is 10.0. The number of hydrogen-bond acceptors (Lipinski definition) is 4. The van der Waals surface area contributed by atoms with Crippen LogP contribution in [0, 0.1) is 4.91 Å². The average Bonchev–Trinajstić information content (AvgIpc) is 2.26. The molecule has 0 spiro atoms. The van der Waals surface area contributed by atoms with E-state index in [1.54, 1.807) is 12.1 Å². The van der Waals surface area contributed by atoms with Crippen LogP contribution in [0.25, 0.3) is 6.08 Å². The lowest BCUT2D eigenvalue weighted by molar-refractivity contribution is 0.158. The van der Waals surface area contributed by atoms with Crippen molar-refractivity contribution in [2.75, 3.05) is 7.11 Å². The first-order valence-corrected chi connectivity index (χ1v) is 4.99. The van der Waals surface area contributed by atoms with Crippen molar-refractivity contribution in [1.82, 2.24) is 0 Å². The Morgan fingerprint density at radius 2 is 2.12 bits per heavy atom. The minimum absolute atomic E-state index is 0.286. The van der Waals surface area contributed by atoms with Gasteiger partial charge in [-0.1, -0.05) is 6.08 Å². The summed E-state index contributed by atoms with van der Waals surface area (Å²) in [6.07, 6.45) is 3.86. The molecule has 0 saturated heterocycles. The molecule has 0 saturated carbocycles. The molecule has 0 bridgehead atoms. The molecule has 1 aromatic carbocycles. The van der Waals surface area contributed by atoms with Gasteiger partial charge in [-0.05, 0) is 31.2 Å². The summed E-state index contributed by atoms with van der Waals surface area (Å²) in [5.41, 5.74) is 0.789. The van der Waals surface area contributed by atoms with Crippen LogP contribution in [0.5, 0.6) is 11.5 Å². The first kappa shape index (κ1) is 10.7. The molecule has 2 rings (SSSR count). The fraction of sp³-hybridized carbons (Fsp3) is 0.333. The van der Waals surface area contributed by atoms with Crippen LogP contribution in [-0.2, 0) is 0 Å². The second kappa shape index (κ2) is 3.63. The maximum absolute atomic E-state index is 10.6. The number of nitrogens with zero attached hydrogens (tertiary/aromatic N) is 1. The minimum Gasteiger partial charge on any atom is -0.494 e. The number of hydrogen-bond donors (Lipinski definition) is 0. The van der Waals surface area contributed by atoms with E-state index in [0.29, 0.717) is 11.5 Å². The van der Waals surface area contributed by atoms with Gasteiger partial charge in [-0.15, -0.1) is 4.91 Å². The van der Waals surface area contributed by atoms with E-state index in [4.69, 9.17) is 9.47 Å². The second-order valence-corrected chi connectivity index (χ2v) is 4.19. The number of ether oxygens (including phenoxy) is 2. The summed E-state index contributed by atoms with van der Waals surface area (Å²) in [7, 11) is 1.50. The summed E-state index contributed by atoms with van der Waals surface area (Å²) in [5.74, 6) is 1.14. The normalized spacial score (nSPS) is 16.2. The molecule has 0 unspecified atom stereocenters. The zero-order valence-electron chi connectivity index (χ0n) is 9.48. The highest BCUT2D eigenvalue weighted by molar-refractivity contribution is 5.69. The molecule has 0 fully saturated rings. The van der Waals surface area contributed by atoms with Crippen LogP contribution in [-0.4, -0.2) is 12.7 Å². The van der Waals surface area contributed by atoms with Crippen molar-refractivity contribution in [2.45, 2.75) is 19.4 Å². The van der Waals surface area contributed by atoms with Gasteiger partial charge in [0.2, 0.25) is 0 Å². The molecule has 4 heteroatoms. The molecule has 4 nitrogen and oxygen atoms in total. The molecule has 0 aliphatic carbocycles. The summed E-state index contributed by atoms with van der Waals surface area (Å²) in [6.45, 7) is 3.93. The van der Waals surface area contributed by atoms with Crippen LogP contribution in [0.3, 0.4) is 0 Å². The number of fused-ring (bicyclic) bond motifs is 1. The summed E-state index contributed by atoms with van der Waals surface area (Å²) < 4.78 is 10.8. The standard InChI is InChI=1S/C12H13NO3/c1-12(2)5-4-8-6-9(13-14)11(15-3)7-10(8)16-12/h4-7H,1-3H3. The first-order valence-electron chi connectivity index (χ1n) is 4.99. The highest BCUT2D eigenvalue weighted by Crippen LogP contribution is 2.39. The lowest BCUT2D eigenvalue weighted by Gasteiger charge is -2.28. The van der Waals surface area contributed by atoms with Crippen LogP contribution in [0.1, 0.15) is 19.4 Å². The molecular formula is C12H13NO3. The molecular weight excluding hydrogens is 206 g/mol. The molecule has 84 valence electrons. The SMILES string of the molecule is COc1cc2c(cc1N=O)C=CC(C)(C)O2. The highest BCUT2D eigenvalue weighted by Gasteiger charge is 2.23. The molecule has 1 aliphatic rings. The van der Waals surface area contributed by atoms with Gasteiger partial charge in [-0.3, -0.25) is 0 Å². The molecule has 0 atom stereocenters. The number of rotatable bonds is 2. The Bertz CT molecular complexity index is 464. The molecule has 1 aromatic rings. The summed E-state index contributed by atoms with van der Waals surface area (Å²) in [6, 6.07) is 3.35. The van der Waals surface area contributed by atoms with E-state index in [2.05, 4.69) is 5.18 Å². The highest BCUT2D eigenvalue weighted by atomic mass is 16.5. The van der Waals surface area contributed by atoms with Crippen molar-refractivity contribution >= 4 is 11.8 Å². The van der Waals surface area contributed by atoms with Gasteiger partial charge in [-0.25, -0.2) is 0 Å². The Morgan fingerprint density at radius 3 is 2.75 bits per heavy atom. The van der Waals surface area contributed by atoms with Crippen LogP contribution in [0.15, 0.2) is 23.4 Å². The largest absolute Gasteiger partial charge is 0.494 e. The smallest absolute Gasteiger partial charge is 0.151 e. The fourth-order valence-electron chi connectivity index (χ4n) is 1.63. The van der Waals surface area contributed by atoms with Crippen LogP contribution in [0.4, 0.5) is 5.69 Å². The van der Waals surface area contributed by atoms with Crippen molar-refractivity contribution in [1.29, 1.82) is 0 Å². The third-order valence-corrected chi connectivity index (χ3v) is 2.45. The Hall–Kier alpha value is -1.84. The Morgan fingerprint density at radius 1 is 1.38 bits per heavy atom. The van der Waals surface area contributed by atoms with Gasteiger partial charge >= 0.3 is 0 Å².